The molecular weight excluding hydrogens is 300 g/mol. The molecule has 0 atom stereocenters. The number of furan rings is 1. The summed E-state index contributed by atoms with van der Waals surface area (Å²) in [6.45, 7) is 0. The fraction of sp³-hybridized carbons (Fsp3) is 0.0500. The SMILES string of the molecule is COc1ccc2nc3[nH]c4ccccc4c3c(-c3ccco3)c2c1. The summed E-state index contributed by atoms with van der Waals surface area (Å²) in [5.74, 6) is 1.63. The number of methoxy groups -OCH3 is 1. The zero-order chi connectivity index (χ0) is 16.1. The predicted octanol–water partition coefficient (Wildman–Crippen LogP) is 5.14. The molecule has 0 bridgehead atoms. The van der Waals surface area contributed by atoms with Crippen LogP contribution in [0.3, 0.4) is 0 Å². The number of nitrogens with zero attached hydrogens (tertiary/aromatic N) is 1. The van der Waals surface area contributed by atoms with E-state index in [4.69, 9.17) is 14.1 Å². The molecule has 4 nitrogen and oxygen atoms in total. The van der Waals surface area contributed by atoms with Crippen molar-refractivity contribution in [3.05, 3.63) is 60.9 Å². The first-order chi connectivity index (χ1) is 11.8. The summed E-state index contributed by atoms with van der Waals surface area (Å²) in [6, 6.07) is 18.0. The number of benzene rings is 2. The Balaban J connectivity index is 2.06. The molecule has 1 N–H and O–H groups in total. The average molecular weight is 314 g/mol. The van der Waals surface area contributed by atoms with Crippen LogP contribution in [0, 0.1) is 0 Å². The minimum absolute atomic E-state index is 0.802. The maximum Gasteiger partial charge on any atom is 0.139 e. The van der Waals surface area contributed by atoms with Crippen molar-refractivity contribution in [2.75, 3.05) is 7.11 Å². The second-order valence-electron chi connectivity index (χ2n) is 5.74. The standard InChI is InChI=1S/C20H14N2O2/c1-23-12-8-9-16-14(11-12)18(17-7-4-10-24-17)19-13-5-2-3-6-15(13)21-20(19)22-16/h2-11H,1H3,(H,21,22). The van der Waals surface area contributed by atoms with E-state index in [1.165, 1.54) is 0 Å². The molecule has 3 aromatic heterocycles. The molecule has 0 aliphatic carbocycles. The molecular formula is C20H14N2O2. The van der Waals surface area contributed by atoms with E-state index in [9.17, 15) is 0 Å². The van der Waals surface area contributed by atoms with Crippen molar-refractivity contribution in [2.24, 2.45) is 0 Å². The largest absolute Gasteiger partial charge is 0.497 e. The van der Waals surface area contributed by atoms with Gasteiger partial charge in [0.05, 0.1) is 18.9 Å². The smallest absolute Gasteiger partial charge is 0.139 e. The van der Waals surface area contributed by atoms with Crippen LogP contribution in [0.1, 0.15) is 0 Å². The monoisotopic (exact) mass is 314 g/mol. The van der Waals surface area contributed by atoms with Crippen molar-refractivity contribution < 1.29 is 9.15 Å². The fourth-order valence-electron chi connectivity index (χ4n) is 3.34. The number of hydrogen-bond donors (Lipinski definition) is 1. The van der Waals surface area contributed by atoms with Gasteiger partial charge in [-0.3, -0.25) is 0 Å². The van der Waals surface area contributed by atoms with Crippen molar-refractivity contribution in [2.45, 2.75) is 0 Å². The second kappa shape index (κ2) is 4.86. The van der Waals surface area contributed by atoms with Crippen molar-refractivity contribution in [3.63, 3.8) is 0 Å². The number of hydrogen-bond acceptors (Lipinski definition) is 3. The summed E-state index contributed by atoms with van der Waals surface area (Å²) in [4.78, 5) is 8.23. The minimum atomic E-state index is 0.802. The topological polar surface area (TPSA) is 51.0 Å². The number of fused-ring (bicyclic) bond motifs is 4. The van der Waals surface area contributed by atoms with Gasteiger partial charge in [-0.1, -0.05) is 18.2 Å². The van der Waals surface area contributed by atoms with Crippen LogP contribution in [0.15, 0.2) is 65.3 Å². The molecule has 5 rings (SSSR count). The number of aromatic amines is 1. The molecule has 0 amide bonds. The summed E-state index contributed by atoms with van der Waals surface area (Å²) in [5, 5.41) is 3.22. The van der Waals surface area contributed by atoms with Crippen LogP contribution in [0.25, 0.3) is 44.2 Å². The third-order valence-electron chi connectivity index (χ3n) is 4.41. The third-order valence-corrected chi connectivity index (χ3v) is 4.41. The predicted molar refractivity (Wildman–Crippen MR) is 95.4 cm³/mol. The first-order valence-corrected chi connectivity index (χ1v) is 7.77. The van der Waals surface area contributed by atoms with Gasteiger partial charge in [0.25, 0.3) is 0 Å². The molecule has 0 unspecified atom stereocenters. The second-order valence-corrected chi connectivity index (χ2v) is 5.74. The van der Waals surface area contributed by atoms with Crippen LogP contribution in [-0.4, -0.2) is 17.1 Å². The Morgan fingerprint density at radius 1 is 1.00 bits per heavy atom. The molecule has 0 aliphatic heterocycles. The van der Waals surface area contributed by atoms with Gasteiger partial charge in [0.15, 0.2) is 0 Å². The molecule has 0 spiro atoms. The van der Waals surface area contributed by atoms with E-state index >= 15 is 0 Å². The summed E-state index contributed by atoms with van der Waals surface area (Å²) in [7, 11) is 1.67. The molecule has 0 saturated carbocycles. The van der Waals surface area contributed by atoms with Crippen LogP contribution in [-0.2, 0) is 0 Å². The Morgan fingerprint density at radius 3 is 2.75 bits per heavy atom. The van der Waals surface area contributed by atoms with Gasteiger partial charge in [-0.2, -0.15) is 0 Å². The Labute approximate surface area is 137 Å². The van der Waals surface area contributed by atoms with Crippen molar-refractivity contribution in [1.82, 2.24) is 9.97 Å². The van der Waals surface area contributed by atoms with E-state index in [1.807, 2.05) is 42.5 Å². The van der Waals surface area contributed by atoms with Gasteiger partial charge >= 0.3 is 0 Å². The highest BCUT2D eigenvalue weighted by Gasteiger charge is 2.17. The Hall–Kier alpha value is -3.27. The maximum atomic E-state index is 5.75. The Kier molecular flexibility index (Phi) is 2.67. The summed E-state index contributed by atoms with van der Waals surface area (Å²) in [5.41, 5.74) is 3.87. The van der Waals surface area contributed by atoms with Crippen LogP contribution in [0.4, 0.5) is 0 Å². The lowest BCUT2D eigenvalue weighted by Gasteiger charge is -2.08. The quantitative estimate of drug-likeness (QED) is 0.491. The zero-order valence-electron chi connectivity index (χ0n) is 13.0. The van der Waals surface area contributed by atoms with E-state index in [2.05, 4.69) is 17.1 Å². The van der Waals surface area contributed by atoms with Crippen LogP contribution >= 0.6 is 0 Å². The van der Waals surface area contributed by atoms with Gasteiger partial charge in [-0.25, -0.2) is 4.98 Å². The van der Waals surface area contributed by atoms with Crippen LogP contribution < -0.4 is 4.74 Å². The zero-order valence-corrected chi connectivity index (χ0v) is 13.0. The molecule has 3 heterocycles. The summed E-state index contributed by atoms with van der Waals surface area (Å²) < 4.78 is 11.2. The van der Waals surface area contributed by atoms with Gasteiger partial charge in [-0.15, -0.1) is 0 Å². The molecule has 5 aromatic rings. The first-order valence-electron chi connectivity index (χ1n) is 7.77. The number of aromatic nitrogens is 2. The van der Waals surface area contributed by atoms with Gasteiger partial charge in [0, 0.05) is 27.2 Å². The van der Waals surface area contributed by atoms with Crippen LogP contribution in [0.2, 0.25) is 0 Å². The van der Waals surface area contributed by atoms with Crippen molar-refractivity contribution in [1.29, 1.82) is 0 Å². The Bertz CT molecular complexity index is 1190. The number of ether oxygens (including phenoxy) is 1. The minimum Gasteiger partial charge on any atom is -0.497 e. The van der Waals surface area contributed by atoms with E-state index in [1.54, 1.807) is 13.4 Å². The van der Waals surface area contributed by atoms with E-state index in [0.29, 0.717) is 0 Å². The summed E-state index contributed by atoms with van der Waals surface area (Å²) in [6.07, 6.45) is 1.70. The molecule has 0 radical (unpaired) electrons. The highest BCUT2D eigenvalue weighted by Crippen LogP contribution is 2.39. The lowest BCUT2D eigenvalue weighted by Crippen LogP contribution is -1.89. The van der Waals surface area contributed by atoms with E-state index < -0.39 is 0 Å². The molecule has 4 heteroatoms. The van der Waals surface area contributed by atoms with Gasteiger partial charge in [0.2, 0.25) is 0 Å². The normalized spacial score (nSPS) is 11.5. The van der Waals surface area contributed by atoms with Crippen molar-refractivity contribution in [3.8, 4) is 17.1 Å². The number of nitrogens with one attached hydrogen (secondary N) is 1. The number of rotatable bonds is 2. The van der Waals surface area contributed by atoms with Gasteiger partial charge in [0.1, 0.15) is 17.2 Å². The average Bonchev–Trinajstić information content (AvgIpc) is 3.27. The number of H-pyrrole nitrogens is 1. The number of pyridine rings is 1. The molecule has 116 valence electrons. The molecule has 2 aromatic carbocycles. The summed E-state index contributed by atoms with van der Waals surface area (Å²) >= 11 is 0. The van der Waals surface area contributed by atoms with Crippen molar-refractivity contribution >= 4 is 32.8 Å². The fourth-order valence-corrected chi connectivity index (χ4v) is 3.34. The Morgan fingerprint density at radius 2 is 1.92 bits per heavy atom. The van der Waals surface area contributed by atoms with Gasteiger partial charge < -0.3 is 14.1 Å². The van der Waals surface area contributed by atoms with E-state index in [-0.39, 0.29) is 0 Å². The third kappa shape index (κ3) is 1.77. The highest BCUT2D eigenvalue weighted by molar-refractivity contribution is 6.19. The molecule has 0 fully saturated rings. The van der Waals surface area contributed by atoms with Crippen LogP contribution in [0.5, 0.6) is 5.75 Å². The molecule has 24 heavy (non-hydrogen) atoms. The molecule has 0 aliphatic rings. The first kappa shape index (κ1) is 13.2. The molecule has 0 saturated heterocycles. The van der Waals surface area contributed by atoms with E-state index in [0.717, 1.165) is 49.9 Å². The van der Waals surface area contributed by atoms with Gasteiger partial charge in [-0.05, 0) is 36.4 Å². The highest BCUT2D eigenvalue weighted by atomic mass is 16.5. The lowest BCUT2D eigenvalue weighted by molar-refractivity contribution is 0.415. The maximum absolute atomic E-state index is 5.75. The number of para-hydroxylation sites is 1. The lowest BCUT2D eigenvalue weighted by atomic mass is 10.0.